The molecule has 608 valence electrons. The lowest BCUT2D eigenvalue weighted by molar-refractivity contribution is -0.148. The molecule has 1 unspecified atom stereocenters. The lowest BCUT2D eigenvalue weighted by Gasteiger charge is -2.30. The molecule has 35 nitrogen and oxygen atoms in total. The van der Waals surface area contributed by atoms with Crippen LogP contribution in [0.4, 0.5) is 0 Å². The van der Waals surface area contributed by atoms with E-state index in [0.717, 1.165) is 0 Å². The number of guanidine groups is 4. The second kappa shape index (κ2) is 48.4. The molecule has 2 aromatic carbocycles. The number of fused-ring (bicyclic) bond motifs is 1. The predicted molar refractivity (Wildman–Crippen MR) is 424 cm³/mol. The zero-order chi connectivity index (χ0) is 82.4. The number of primary amides is 1. The maximum atomic E-state index is 15.4. The Morgan fingerprint density at radius 1 is 0.482 bits per heavy atom. The SMILES string of the molecule is CC(=O)N[C@@H](CS)C(=O)C[C@@H](CCCN=C(N)N)C(=O)N[C@@H](CCCN=C(N)N)C(=O)C[C@@H](CCCN=C(N)N)C(=O)N[C@@H](Cc1ccccc1)C(=O)C[C@@H](Cc1c[nH]c2ccccc12)C(=O)N[C@@H](CCC(N)=O)C(=O)C[C@@H](CS)C(=O)NC(C(=O)C[C@@H](CCCN=C(N)N)C(=O)N[C@@](C)(CC(C)C)C(=O)O)[C@@H](C)O. The quantitative estimate of drug-likeness (QED) is 0.0139. The van der Waals surface area contributed by atoms with Gasteiger partial charge in [-0.1, -0.05) is 62.4 Å². The molecule has 0 saturated heterocycles. The third-order valence-electron chi connectivity index (χ3n) is 18.3. The van der Waals surface area contributed by atoms with E-state index in [1.165, 1.54) is 20.8 Å². The molecule has 0 spiro atoms. The van der Waals surface area contributed by atoms with Crippen molar-refractivity contribution in [2.45, 2.75) is 192 Å². The molecule has 0 saturated carbocycles. The van der Waals surface area contributed by atoms with E-state index in [1.807, 2.05) is 0 Å². The third-order valence-corrected chi connectivity index (χ3v) is 19.1. The molecule has 27 N–H and O–H groups in total. The number of aromatic amines is 1. The predicted octanol–water partition coefficient (Wildman–Crippen LogP) is -1.00. The highest BCUT2D eigenvalue weighted by Crippen LogP contribution is 2.27. The number of aliphatic hydroxyl groups is 1. The summed E-state index contributed by atoms with van der Waals surface area (Å²) in [5.74, 6) is -18.2. The Morgan fingerprint density at radius 2 is 0.900 bits per heavy atom. The number of aliphatic carboxylic acids is 1. The zero-order valence-corrected chi connectivity index (χ0v) is 65.0. The third kappa shape index (κ3) is 34.6. The monoisotopic (exact) mass is 1570 g/mol. The van der Waals surface area contributed by atoms with E-state index in [-0.39, 0.29) is 138 Å². The topological polar surface area (TPSA) is 634 Å². The van der Waals surface area contributed by atoms with Crippen LogP contribution in [0, 0.1) is 35.5 Å². The Kier molecular flexibility index (Phi) is 41.4. The molecular formula is C73H114N20O15S2. The number of carbonyl (C=O) groups excluding carboxylic acids is 12. The Labute approximate surface area is 651 Å². The zero-order valence-electron chi connectivity index (χ0n) is 63.3. The number of nitrogens with two attached hydrogens (primary N) is 9. The number of rotatable bonds is 55. The molecule has 7 amide bonds. The van der Waals surface area contributed by atoms with Crippen LogP contribution in [0.25, 0.3) is 10.9 Å². The maximum Gasteiger partial charge on any atom is 0.329 e. The number of aliphatic hydroxyl groups excluding tert-OH is 1. The second-order valence-corrected chi connectivity index (χ2v) is 28.9. The highest BCUT2D eigenvalue weighted by molar-refractivity contribution is 7.80. The van der Waals surface area contributed by atoms with E-state index in [2.05, 4.69) is 82.1 Å². The molecule has 3 rings (SSSR count). The van der Waals surface area contributed by atoms with Crippen LogP contribution in [-0.2, 0) is 75.2 Å². The number of hydrogen-bond donors (Lipinski definition) is 20. The minimum Gasteiger partial charge on any atom is -0.480 e. The molecule has 0 aliphatic rings. The number of para-hydroxylation sites is 1. The smallest absolute Gasteiger partial charge is 0.329 e. The van der Waals surface area contributed by atoms with Crippen LogP contribution >= 0.6 is 25.3 Å². The van der Waals surface area contributed by atoms with Gasteiger partial charge < -0.3 is 98.7 Å². The summed E-state index contributed by atoms with van der Waals surface area (Å²) in [7, 11) is 0. The average molecular weight is 1580 g/mol. The average Bonchev–Trinajstić information content (AvgIpc) is 1.61. The molecule has 0 bridgehead atoms. The number of carboxylic acid groups (broad SMARTS) is 1. The fraction of sp³-hybridized carbons (Fsp3) is 0.575. The minimum absolute atomic E-state index is 0.000503. The normalized spacial score (nSPS) is 14.7. The number of benzene rings is 2. The summed E-state index contributed by atoms with van der Waals surface area (Å²) < 4.78 is 0. The van der Waals surface area contributed by atoms with Crippen LogP contribution in [0.3, 0.4) is 0 Å². The van der Waals surface area contributed by atoms with E-state index in [9.17, 15) is 58.2 Å². The molecule has 12 atom stereocenters. The number of H-pyrrole nitrogens is 1. The molecule has 0 aliphatic heterocycles. The minimum atomic E-state index is -1.74. The van der Waals surface area contributed by atoms with Gasteiger partial charge in [0.1, 0.15) is 11.6 Å². The van der Waals surface area contributed by atoms with Gasteiger partial charge in [0.25, 0.3) is 0 Å². The lowest BCUT2D eigenvalue weighted by atomic mass is 9.87. The Hall–Kier alpha value is -10.2. The molecule has 37 heteroatoms. The van der Waals surface area contributed by atoms with Gasteiger partial charge in [-0.15, -0.1) is 0 Å². The van der Waals surface area contributed by atoms with Crippen LogP contribution in [0.2, 0.25) is 0 Å². The number of ketones is 5. The molecular weight excluding hydrogens is 1460 g/mol. The standard InChI is InChI=1S/C73H114N20O15S2/c1-40(2)36-73(5,68(107)108)93-67(106)46(19-13-27-85-71(79)80)33-60(100)62(41(3)94)92-66(105)49(38-109)35-57(97)53(23-24-61(74)101)90-65(104)47(30-48-37-87-51-21-10-9-20-50(48)51)34-58(98)54(29-43-15-7-6-8-16-43)91-64(103)44(17-11-25-83-69(75)76)31-56(96)52(22-14-28-86-72(81)82)89-63(102)45(18-12-26-84-70(77)78)32-59(99)55(39-110)88-42(4)95/h6-10,15-16,20-21,37,40-41,44-47,49,52-55,62,87,94,109-110H,11-14,17-19,22-36,38-39H2,1-5H3,(H2,74,101)(H,88,95)(H,89,102)(H,90,104)(H,91,103)(H,92,105)(H,93,106)(H,107,108)(H4,75,76,83)(H4,77,78,84)(H4,79,80,85)(H4,81,82,86)/t41-,44-,45-,46-,47-,49+,52+,53+,54+,55+,62?,73+/m1/s1. The maximum absolute atomic E-state index is 15.4. The van der Waals surface area contributed by atoms with Crippen molar-refractivity contribution in [3.8, 4) is 0 Å². The van der Waals surface area contributed by atoms with Crippen LogP contribution in [-0.4, -0.2) is 195 Å². The van der Waals surface area contributed by atoms with Gasteiger partial charge in [-0.25, -0.2) is 4.79 Å². The van der Waals surface area contributed by atoms with Crippen molar-refractivity contribution in [2.75, 3.05) is 37.7 Å². The number of aromatic nitrogens is 1. The molecule has 3 aromatic rings. The van der Waals surface area contributed by atoms with Crippen LogP contribution in [0.5, 0.6) is 0 Å². The van der Waals surface area contributed by atoms with Crippen molar-refractivity contribution in [3.05, 3.63) is 71.9 Å². The van der Waals surface area contributed by atoms with E-state index in [1.54, 1.807) is 74.6 Å². The van der Waals surface area contributed by atoms with Crippen molar-refractivity contribution >= 4 is 136 Å². The van der Waals surface area contributed by atoms with E-state index >= 15 is 14.4 Å². The summed E-state index contributed by atoms with van der Waals surface area (Å²) in [6, 6.07) is 8.60. The van der Waals surface area contributed by atoms with Crippen molar-refractivity contribution in [2.24, 2.45) is 107 Å². The van der Waals surface area contributed by atoms with Crippen molar-refractivity contribution in [1.82, 2.24) is 36.9 Å². The van der Waals surface area contributed by atoms with E-state index in [4.69, 9.17) is 51.6 Å². The fourth-order valence-corrected chi connectivity index (χ4v) is 13.2. The number of hydrogen-bond acceptors (Lipinski definition) is 20. The largest absolute Gasteiger partial charge is 0.480 e. The van der Waals surface area contributed by atoms with E-state index < -0.39 is 193 Å². The first-order valence-corrected chi connectivity index (χ1v) is 37.8. The summed E-state index contributed by atoms with van der Waals surface area (Å²) in [5, 5.41) is 37.8. The number of nitrogens with zero attached hydrogens (tertiary/aromatic N) is 4. The molecule has 110 heavy (non-hydrogen) atoms. The fourth-order valence-electron chi connectivity index (χ4n) is 12.6. The first-order valence-electron chi connectivity index (χ1n) is 36.5. The molecule has 1 aromatic heterocycles. The van der Waals surface area contributed by atoms with Crippen molar-refractivity contribution < 1.29 is 72.5 Å². The van der Waals surface area contributed by atoms with Gasteiger partial charge in [0.2, 0.25) is 41.4 Å². The van der Waals surface area contributed by atoms with Gasteiger partial charge in [-0.2, -0.15) is 25.3 Å². The number of carboxylic acids is 1. The number of amides is 7. The summed E-state index contributed by atoms with van der Waals surface area (Å²) >= 11 is 8.60. The van der Waals surface area contributed by atoms with Crippen LogP contribution in [0.1, 0.15) is 148 Å². The van der Waals surface area contributed by atoms with Crippen LogP contribution in [0.15, 0.2) is 80.8 Å². The molecule has 0 fully saturated rings. The Balaban J connectivity index is 2.12. The Bertz CT molecular complexity index is 3730. The number of carbonyl (C=O) groups is 13. The van der Waals surface area contributed by atoms with Crippen molar-refractivity contribution in [1.29, 1.82) is 0 Å². The molecule has 1 heterocycles. The molecule has 0 aliphatic carbocycles. The summed E-state index contributed by atoms with van der Waals surface area (Å²) in [6.07, 6.45) is -3.43. The summed E-state index contributed by atoms with van der Waals surface area (Å²) in [6.45, 7) is 7.42. The summed E-state index contributed by atoms with van der Waals surface area (Å²) in [5.41, 5.74) is 50.3. The summed E-state index contributed by atoms with van der Waals surface area (Å²) in [4.78, 5) is 202. The van der Waals surface area contributed by atoms with Gasteiger partial charge in [-0.05, 0) is 114 Å². The number of Topliss-reactive ketones (excluding diaryl/α,β-unsaturated/α-hetero) is 5. The van der Waals surface area contributed by atoms with Gasteiger partial charge in [0.15, 0.2) is 52.8 Å². The lowest BCUT2D eigenvalue weighted by Crippen LogP contribution is -2.55. The van der Waals surface area contributed by atoms with Gasteiger partial charge in [0, 0.05) is 124 Å². The second-order valence-electron chi connectivity index (χ2n) is 28.1. The van der Waals surface area contributed by atoms with Crippen molar-refractivity contribution in [3.63, 3.8) is 0 Å². The highest BCUT2D eigenvalue weighted by Gasteiger charge is 2.41. The number of aliphatic imine (C=N–C) groups is 4. The van der Waals surface area contributed by atoms with E-state index in [0.29, 0.717) is 22.0 Å². The van der Waals surface area contributed by atoms with Gasteiger partial charge in [-0.3, -0.25) is 77.5 Å². The first-order chi connectivity index (χ1) is 51.9. The highest BCUT2D eigenvalue weighted by atomic mass is 32.1. The number of thiol groups is 2. The molecule has 0 radical (unpaired) electrons. The van der Waals surface area contributed by atoms with Crippen LogP contribution < -0.4 is 83.5 Å². The number of nitrogens with one attached hydrogen (secondary N) is 7. The van der Waals surface area contributed by atoms with Gasteiger partial charge in [0.05, 0.1) is 36.2 Å². The first kappa shape index (κ1) is 94.0. The van der Waals surface area contributed by atoms with Gasteiger partial charge >= 0.3 is 5.97 Å². The Morgan fingerprint density at radius 3 is 1.36 bits per heavy atom.